The monoisotopic (exact) mass is 280 g/mol. The van der Waals surface area contributed by atoms with Crippen LogP contribution in [-0.4, -0.2) is 20.0 Å². The molecule has 3 rings (SSSR count). The molecular formula is C15H16N6. The zero-order valence-electron chi connectivity index (χ0n) is 11.6. The minimum absolute atomic E-state index is 0.229. The fraction of sp³-hybridized carbons (Fsp3) is 0.133. The minimum Gasteiger partial charge on any atom is -0.271 e. The van der Waals surface area contributed by atoms with E-state index in [9.17, 15) is 0 Å². The fourth-order valence-electron chi connectivity index (χ4n) is 2.30. The molecule has 2 heterocycles. The second kappa shape index (κ2) is 5.82. The summed E-state index contributed by atoms with van der Waals surface area (Å²) >= 11 is 0. The number of nitrogens with two attached hydrogens (primary N) is 1. The quantitative estimate of drug-likeness (QED) is 0.559. The van der Waals surface area contributed by atoms with Crippen molar-refractivity contribution >= 4 is 0 Å². The Bertz CT molecular complexity index is 722. The van der Waals surface area contributed by atoms with Crippen molar-refractivity contribution in [1.82, 2.24) is 25.4 Å². The molecule has 1 atom stereocenters. The number of pyridine rings is 1. The van der Waals surface area contributed by atoms with E-state index in [1.54, 1.807) is 17.1 Å². The molecule has 0 aliphatic carbocycles. The van der Waals surface area contributed by atoms with Gasteiger partial charge in [-0.25, -0.2) is 10.1 Å². The van der Waals surface area contributed by atoms with E-state index in [-0.39, 0.29) is 6.04 Å². The van der Waals surface area contributed by atoms with Gasteiger partial charge in [0.05, 0.1) is 23.6 Å². The van der Waals surface area contributed by atoms with Crippen molar-refractivity contribution in [2.75, 3.05) is 0 Å². The van der Waals surface area contributed by atoms with Crippen LogP contribution in [0.5, 0.6) is 0 Å². The molecule has 21 heavy (non-hydrogen) atoms. The Morgan fingerprint density at radius 1 is 1.14 bits per heavy atom. The molecule has 1 unspecified atom stereocenters. The number of aromatic nitrogens is 4. The van der Waals surface area contributed by atoms with Crippen LogP contribution in [0.25, 0.3) is 5.69 Å². The third-order valence-corrected chi connectivity index (χ3v) is 3.27. The summed E-state index contributed by atoms with van der Waals surface area (Å²) in [6.45, 7) is 2.00. The van der Waals surface area contributed by atoms with E-state index < -0.39 is 0 Å². The van der Waals surface area contributed by atoms with Crippen LogP contribution in [-0.2, 0) is 0 Å². The highest BCUT2D eigenvalue weighted by Crippen LogP contribution is 2.22. The summed E-state index contributed by atoms with van der Waals surface area (Å²) < 4.78 is 1.77. The standard InChI is InChI=1S/C15H16N6/c1-11-7-12(9-17-8-11)15(19-16)14-10-18-20-21(14)13-5-3-2-4-6-13/h2-10,15,19H,16H2,1H3. The third-order valence-electron chi connectivity index (χ3n) is 3.27. The van der Waals surface area contributed by atoms with Gasteiger partial charge < -0.3 is 0 Å². The van der Waals surface area contributed by atoms with Gasteiger partial charge in [0, 0.05) is 12.4 Å². The molecule has 0 radical (unpaired) electrons. The van der Waals surface area contributed by atoms with Gasteiger partial charge in [-0.15, -0.1) is 5.10 Å². The number of para-hydroxylation sites is 1. The van der Waals surface area contributed by atoms with Crippen molar-refractivity contribution in [2.45, 2.75) is 13.0 Å². The van der Waals surface area contributed by atoms with Crippen molar-refractivity contribution in [3.63, 3.8) is 0 Å². The molecule has 6 heteroatoms. The maximum atomic E-state index is 5.75. The van der Waals surface area contributed by atoms with Gasteiger partial charge in [0.2, 0.25) is 0 Å². The highest BCUT2D eigenvalue weighted by atomic mass is 15.4. The van der Waals surface area contributed by atoms with Gasteiger partial charge in [-0.2, -0.15) is 0 Å². The summed E-state index contributed by atoms with van der Waals surface area (Å²) in [6, 6.07) is 11.6. The van der Waals surface area contributed by atoms with Gasteiger partial charge in [-0.1, -0.05) is 29.5 Å². The first-order valence-corrected chi connectivity index (χ1v) is 6.63. The number of aryl methyl sites for hydroxylation is 1. The molecule has 3 N–H and O–H groups in total. The predicted molar refractivity (Wildman–Crippen MR) is 79.5 cm³/mol. The average molecular weight is 280 g/mol. The van der Waals surface area contributed by atoms with Gasteiger partial charge >= 0.3 is 0 Å². The normalized spacial score (nSPS) is 12.3. The topological polar surface area (TPSA) is 81.7 Å². The largest absolute Gasteiger partial charge is 0.271 e. The second-order valence-electron chi connectivity index (χ2n) is 4.80. The van der Waals surface area contributed by atoms with E-state index in [0.717, 1.165) is 22.5 Å². The SMILES string of the molecule is Cc1cncc(C(NN)c2cnnn2-c2ccccc2)c1. The molecule has 3 aromatic rings. The van der Waals surface area contributed by atoms with E-state index in [4.69, 9.17) is 5.84 Å². The lowest BCUT2D eigenvalue weighted by Crippen LogP contribution is -2.30. The molecule has 106 valence electrons. The lowest BCUT2D eigenvalue weighted by Gasteiger charge is -2.17. The number of hydrazine groups is 1. The summed E-state index contributed by atoms with van der Waals surface area (Å²) in [4.78, 5) is 4.22. The van der Waals surface area contributed by atoms with E-state index >= 15 is 0 Å². The summed E-state index contributed by atoms with van der Waals surface area (Å²) in [5, 5.41) is 8.17. The molecular weight excluding hydrogens is 264 g/mol. The van der Waals surface area contributed by atoms with E-state index in [0.29, 0.717) is 0 Å². The molecule has 0 bridgehead atoms. The first-order valence-electron chi connectivity index (χ1n) is 6.63. The molecule has 0 saturated heterocycles. The van der Waals surface area contributed by atoms with Crippen molar-refractivity contribution < 1.29 is 0 Å². The van der Waals surface area contributed by atoms with Crippen LogP contribution in [0.15, 0.2) is 55.0 Å². The minimum atomic E-state index is -0.229. The van der Waals surface area contributed by atoms with Crippen molar-refractivity contribution in [2.24, 2.45) is 5.84 Å². The summed E-state index contributed by atoms with van der Waals surface area (Å²) in [7, 11) is 0. The van der Waals surface area contributed by atoms with Crippen LogP contribution in [0.4, 0.5) is 0 Å². The molecule has 0 fully saturated rings. The average Bonchev–Trinajstić information content (AvgIpc) is 2.98. The van der Waals surface area contributed by atoms with Gasteiger partial charge in [0.25, 0.3) is 0 Å². The molecule has 2 aromatic heterocycles. The first kappa shape index (κ1) is 13.4. The van der Waals surface area contributed by atoms with Gasteiger partial charge in [-0.3, -0.25) is 10.8 Å². The van der Waals surface area contributed by atoms with Gasteiger partial charge in [0.1, 0.15) is 0 Å². The van der Waals surface area contributed by atoms with Crippen molar-refractivity contribution in [3.8, 4) is 5.69 Å². The molecule has 0 aliphatic heterocycles. The highest BCUT2D eigenvalue weighted by molar-refractivity contribution is 5.35. The Kier molecular flexibility index (Phi) is 3.72. The zero-order chi connectivity index (χ0) is 14.7. The predicted octanol–water partition coefficient (Wildman–Crippen LogP) is 1.52. The maximum Gasteiger partial charge on any atom is 0.0914 e. The van der Waals surface area contributed by atoms with Crippen LogP contribution in [0, 0.1) is 6.92 Å². The fourth-order valence-corrected chi connectivity index (χ4v) is 2.30. The number of rotatable bonds is 4. The number of hydrogen-bond acceptors (Lipinski definition) is 5. The molecule has 0 aliphatic rings. The molecule has 0 saturated carbocycles. The number of nitrogens with zero attached hydrogens (tertiary/aromatic N) is 4. The Hall–Kier alpha value is -2.57. The third kappa shape index (κ3) is 2.67. The Morgan fingerprint density at radius 2 is 1.95 bits per heavy atom. The summed E-state index contributed by atoms with van der Waals surface area (Å²) in [5.41, 5.74) is 6.66. The van der Waals surface area contributed by atoms with Gasteiger partial charge in [-0.05, 0) is 30.2 Å². The van der Waals surface area contributed by atoms with Crippen LogP contribution in [0.1, 0.15) is 22.9 Å². The van der Waals surface area contributed by atoms with Crippen molar-refractivity contribution in [1.29, 1.82) is 0 Å². The lowest BCUT2D eigenvalue weighted by molar-refractivity contribution is 0.593. The van der Waals surface area contributed by atoms with Crippen LogP contribution >= 0.6 is 0 Å². The second-order valence-corrected chi connectivity index (χ2v) is 4.80. The highest BCUT2D eigenvalue weighted by Gasteiger charge is 2.19. The van der Waals surface area contributed by atoms with Crippen LogP contribution < -0.4 is 11.3 Å². The number of benzene rings is 1. The first-order chi connectivity index (χ1) is 10.3. The maximum absolute atomic E-state index is 5.75. The molecule has 6 nitrogen and oxygen atoms in total. The Balaban J connectivity index is 2.05. The van der Waals surface area contributed by atoms with Crippen LogP contribution in [0.2, 0.25) is 0 Å². The lowest BCUT2D eigenvalue weighted by atomic mass is 10.1. The number of nitrogens with one attached hydrogen (secondary N) is 1. The van der Waals surface area contributed by atoms with Crippen molar-refractivity contribution in [3.05, 3.63) is 71.8 Å². The van der Waals surface area contributed by atoms with E-state index in [2.05, 4.69) is 20.7 Å². The Labute approximate surface area is 122 Å². The van der Waals surface area contributed by atoms with Gasteiger partial charge in [0.15, 0.2) is 0 Å². The number of hydrogen-bond donors (Lipinski definition) is 2. The van der Waals surface area contributed by atoms with Crippen LogP contribution in [0.3, 0.4) is 0 Å². The molecule has 0 amide bonds. The smallest absolute Gasteiger partial charge is 0.0914 e. The molecule has 0 spiro atoms. The van der Waals surface area contributed by atoms with E-state index in [1.807, 2.05) is 49.5 Å². The van der Waals surface area contributed by atoms with E-state index in [1.165, 1.54) is 0 Å². The summed E-state index contributed by atoms with van der Waals surface area (Å²) in [5.74, 6) is 5.75. The zero-order valence-corrected chi connectivity index (χ0v) is 11.6. The Morgan fingerprint density at radius 3 is 2.67 bits per heavy atom. The summed E-state index contributed by atoms with van der Waals surface area (Å²) in [6.07, 6.45) is 5.31. The molecule has 1 aromatic carbocycles.